The summed E-state index contributed by atoms with van der Waals surface area (Å²) in [7, 11) is 0. The quantitative estimate of drug-likeness (QED) is 0.801. The zero-order valence-electron chi connectivity index (χ0n) is 7.79. The number of rotatable bonds is 4. The standard InChI is InChI=1S/C10H11FO3/c1-7-2-3-9(11)8(4-7)5-14-6-10(12)13/h2-4H,5-6H2,1H3,(H,12,13). The summed E-state index contributed by atoms with van der Waals surface area (Å²) in [6, 6.07) is 4.63. The van der Waals surface area contributed by atoms with Gasteiger partial charge in [-0.25, -0.2) is 9.18 Å². The predicted octanol–water partition coefficient (Wildman–Crippen LogP) is 1.74. The second-order valence-electron chi connectivity index (χ2n) is 2.98. The number of carbonyl (C=O) groups is 1. The van der Waals surface area contributed by atoms with Gasteiger partial charge in [-0.1, -0.05) is 17.7 Å². The highest BCUT2D eigenvalue weighted by molar-refractivity contribution is 5.67. The molecule has 0 amide bonds. The number of aliphatic carboxylic acids is 1. The van der Waals surface area contributed by atoms with Crippen molar-refractivity contribution >= 4 is 5.97 Å². The second kappa shape index (κ2) is 4.72. The molecule has 1 aromatic rings. The van der Waals surface area contributed by atoms with Crippen LogP contribution in [0.25, 0.3) is 0 Å². The van der Waals surface area contributed by atoms with Crippen LogP contribution in [0.15, 0.2) is 18.2 Å². The molecule has 1 rings (SSSR count). The minimum Gasteiger partial charge on any atom is -0.480 e. The number of halogens is 1. The van der Waals surface area contributed by atoms with Crippen LogP contribution in [-0.2, 0) is 16.1 Å². The summed E-state index contributed by atoms with van der Waals surface area (Å²) in [4.78, 5) is 10.1. The second-order valence-corrected chi connectivity index (χ2v) is 2.98. The van der Waals surface area contributed by atoms with Crippen molar-refractivity contribution in [3.05, 3.63) is 35.1 Å². The summed E-state index contributed by atoms with van der Waals surface area (Å²) >= 11 is 0. The molecule has 1 N–H and O–H groups in total. The Bertz CT molecular complexity index is 336. The van der Waals surface area contributed by atoms with E-state index in [0.29, 0.717) is 5.56 Å². The van der Waals surface area contributed by atoms with Gasteiger partial charge in [0.15, 0.2) is 0 Å². The van der Waals surface area contributed by atoms with Crippen molar-refractivity contribution in [1.29, 1.82) is 0 Å². The van der Waals surface area contributed by atoms with Crippen LogP contribution < -0.4 is 0 Å². The van der Waals surface area contributed by atoms with Gasteiger partial charge in [-0.05, 0) is 13.0 Å². The van der Waals surface area contributed by atoms with E-state index in [-0.39, 0.29) is 12.4 Å². The van der Waals surface area contributed by atoms with Crippen molar-refractivity contribution in [2.75, 3.05) is 6.61 Å². The lowest BCUT2D eigenvalue weighted by atomic mass is 10.1. The van der Waals surface area contributed by atoms with Gasteiger partial charge in [-0.2, -0.15) is 0 Å². The zero-order valence-corrected chi connectivity index (χ0v) is 7.79. The molecule has 0 unspecified atom stereocenters. The number of benzene rings is 1. The SMILES string of the molecule is Cc1ccc(F)c(COCC(=O)O)c1. The number of hydrogen-bond donors (Lipinski definition) is 1. The maximum Gasteiger partial charge on any atom is 0.329 e. The molecular formula is C10H11FO3. The van der Waals surface area contributed by atoms with Crippen LogP contribution in [0, 0.1) is 12.7 Å². The molecular weight excluding hydrogens is 187 g/mol. The minimum absolute atomic E-state index is 0.0141. The molecule has 0 bridgehead atoms. The molecule has 3 nitrogen and oxygen atoms in total. The van der Waals surface area contributed by atoms with E-state index in [2.05, 4.69) is 0 Å². The maximum atomic E-state index is 13.1. The van der Waals surface area contributed by atoms with E-state index >= 15 is 0 Å². The Labute approximate surface area is 81.1 Å². The van der Waals surface area contributed by atoms with Gasteiger partial charge in [-0.3, -0.25) is 0 Å². The van der Waals surface area contributed by atoms with Crippen LogP contribution in [0.5, 0.6) is 0 Å². The fourth-order valence-corrected chi connectivity index (χ4v) is 1.06. The summed E-state index contributed by atoms with van der Waals surface area (Å²) in [5.74, 6) is -1.43. The van der Waals surface area contributed by atoms with Gasteiger partial charge in [0.05, 0.1) is 6.61 Å². The Morgan fingerprint density at radius 2 is 2.29 bits per heavy atom. The molecule has 0 aliphatic heterocycles. The number of carboxylic acid groups (broad SMARTS) is 1. The molecule has 0 radical (unpaired) electrons. The van der Waals surface area contributed by atoms with E-state index < -0.39 is 12.6 Å². The number of carboxylic acids is 1. The highest BCUT2D eigenvalue weighted by atomic mass is 19.1. The third-order valence-corrected chi connectivity index (χ3v) is 1.68. The van der Waals surface area contributed by atoms with Gasteiger partial charge in [0, 0.05) is 5.56 Å². The first-order chi connectivity index (χ1) is 6.59. The van der Waals surface area contributed by atoms with Crippen LogP contribution in [0.1, 0.15) is 11.1 Å². The predicted molar refractivity (Wildman–Crippen MR) is 48.4 cm³/mol. The number of hydrogen-bond acceptors (Lipinski definition) is 2. The molecule has 14 heavy (non-hydrogen) atoms. The van der Waals surface area contributed by atoms with Gasteiger partial charge in [0.25, 0.3) is 0 Å². The van der Waals surface area contributed by atoms with E-state index in [1.54, 1.807) is 12.1 Å². The third-order valence-electron chi connectivity index (χ3n) is 1.68. The van der Waals surface area contributed by atoms with Gasteiger partial charge < -0.3 is 9.84 Å². The monoisotopic (exact) mass is 198 g/mol. The first kappa shape index (κ1) is 10.7. The third kappa shape index (κ3) is 3.14. The molecule has 0 aliphatic rings. The van der Waals surface area contributed by atoms with Crippen molar-refractivity contribution in [1.82, 2.24) is 0 Å². The lowest BCUT2D eigenvalue weighted by Gasteiger charge is -2.04. The maximum absolute atomic E-state index is 13.1. The van der Waals surface area contributed by atoms with Gasteiger partial charge >= 0.3 is 5.97 Å². The van der Waals surface area contributed by atoms with Crippen LogP contribution in [0.3, 0.4) is 0 Å². The summed E-state index contributed by atoms with van der Waals surface area (Å²) in [6.07, 6.45) is 0. The Kier molecular flexibility index (Phi) is 3.59. The van der Waals surface area contributed by atoms with E-state index in [1.807, 2.05) is 6.92 Å². The van der Waals surface area contributed by atoms with Crippen molar-refractivity contribution in [2.24, 2.45) is 0 Å². The lowest BCUT2D eigenvalue weighted by Crippen LogP contribution is -2.07. The van der Waals surface area contributed by atoms with Crippen molar-refractivity contribution in [3.63, 3.8) is 0 Å². The van der Waals surface area contributed by atoms with Crippen molar-refractivity contribution in [3.8, 4) is 0 Å². The Morgan fingerprint density at radius 1 is 1.57 bits per heavy atom. The van der Waals surface area contributed by atoms with E-state index in [4.69, 9.17) is 9.84 Å². The molecule has 0 aromatic heterocycles. The molecule has 4 heteroatoms. The van der Waals surface area contributed by atoms with E-state index in [0.717, 1.165) is 5.56 Å². The summed E-state index contributed by atoms with van der Waals surface area (Å²) in [5, 5.41) is 8.30. The fourth-order valence-electron chi connectivity index (χ4n) is 1.06. The molecule has 76 valence electrons. The summed E-state index contributed by atoms with van der Waals surface area (Å²) < 4.78 is 17.8. The molecule has 0 saturated carbocycles. The van der Waals surface area contributed by atoms with Crippen LogP contribution in [-0.4, -0.2) is 17.7 Å². The van der Waals surface area contributed by atoms with E-state index in [9.17, 15) is 9.18 Å². The number of aryl methyl sites for hydroxylation is 1. The van der Waals surface area contributed by atoms with Crippen LogP contribution >= 0.6 is 0 Å². The normalized spacial score (nSPS) is 10.1. The molecule has 0 atom stereocenters. The molecule has 0 heterocycles. The average molecular weight is 198 g/mol. The number of ether oxygens (including phenoxy) is 1. The Hall–Kier alpha value is -1.42. The first-order valence-electron chi connectivity index (χ1n) is 4.14. The fraction of sp³-hybridized carbons (Fsp3) is 0.300. The largest absolute Gasteiger partial charge is 0.480 e. The summed E-state index contributed by atoms with van der Waals surface area (Å²) in [5.41, 5.74) is 1.30. The van der Waals surface area contributed by atoms with Crippen LogP contribution in [0.4, 0.5) is 4.39 Å². The van der Waals surface area contributed by atoms with Gasteiger partial charge in [0.1, 0.15) is 12.4 Å². The topological polar surface area (TPSA) is 46.5 Å². The highest BCUT2D eigenvalue weighted by Gasteiger charge is 2.03. The Morgan fingerprint density at radius 3 is 2.93 bits per heavy atom. The zero-order chi connectivity index (χ0) is 10.6. The van der Waals surface area contributed by atoms with Gasteiger partial charge in [0.2, 0.25) is 0 Å². The van der Waals surface area contributed by atoms with E-state index in [1.165, 1.54) is 6.07 Å². The van der Waals surface area contributed by atoms with Crippen molar-refractivity contribution in [2.45, 2.75) is 13.5 Å². The first-order valence-corrected chi connectivity index (χ1v) is 4.14. The molecule has 1 aromatic carbocycles. The van der Waals surface area contributed by atoms with Crippen LogP contribution in [0.2, 0.25) is 0 Å². The molecule has 0 saturated heterocycles. The highest BCUT2D eigenvalue weighted by Crippen LogP contribution is 2.10. The minimum atomic E-state index is -1.06. The smallest absolute Gasteiger partial charge is 0.329 e. The van der Waals surface area contributed by atoms with Gasteiger partial charge in [-0.15, -0.1) is 0 Å². The lowest BCUT2D eigenvalue weighted by molar-refractivity contribution is -0.142. The molecule has 0 aliphatic carbocycles. The van der Waals surface area contributed by atoms with Crippen molar-refractivity contribution < 1.29 is 19.0 Å². The Balaban J connectivity index is 2.57. The molecule has 0 fully saturated rings. The average Bonchev–Trinajstić information content (AvgIpc) is 2.10. The summed E-state index contributed by atoms with van der Waals surface area (Å²) in [6.45, 7) is 1.41. The molecule has 0 spiro atoms.